The number of amides is 1. The van der Waals surface area contributed by atoms with Crippen LogP contribution in [0, 0.1) is 0 Å². The molecule has 3 heterocycles. The number of aromatic nitrogens is 3. The first-order chi connectivity index (χ1) is 22.4. The molecule has 1 aliphatic rings. The largest absolute Gasteiger partial charge is 0.497 e. The number of nitrogens with zero attached hydrogens (tertiary/aromatic N) is 5. The summed E-state index contributed by atoms with van der Waals surface area (Å²) in [4.78, 5) is 32.7. The van der Waals surface area contributed by atoms with Crippen molar-refractivity contribution in [3.8, 4) is 28.6 Å². The number of anilines is 1. The van der Waals surface area contributed by atoms with Crippen molar-refractivity contribution in [1.82, 2.24) is 15.0 Å². The molecule has 0 radical (unpaired) electrons. The van der Waals surface area contributed by atoms with Crippen LogP contribution >= 0.6 is 0 Å². The predicted octanol–water partition coefficient (Wildman–Crippen LogP) is 4.86. The van der Waals surface area contributed by atoms with Crippen molar-refractivity contribution in [2.24, 2.45) is 5.16 Å². The second-order valence-corrected chi connectivity index (χ2v) is 10.1. The van der Waals surface area contributed by atoms with Crippen molar-refractivity contribution >= 4 is 34.2 Å². The minimum Gasteiger partial charge on any atom is -0.497 e. The van der Waals surface area contributed by atoms with Crippen LogP contribution in [-0.2, 0) is 27.5 Å². The number of furan rings is 1. The first kappa shape index (κ1) is 30.2. The number of hydrogen-bond acceptors (Lipinski definition) is 11. The van der Waals surface area contributed by atoms with Gasteiger partial charge >= 0.3 is 5.97 Å². The van der Waals surface area contributed by atoms with Gasteiger partial charge in [-0.15, -0.1) is 5.10 Å². The smallest absolute Gasteiger partial charge is 0.342 e. The highest BCUT2D eigenvalue weighted by Crippen LogP contribution is 2.37. The Labute approximate surface area is 263 Å². The average molecular weight is 626 g/mol. The number of fused-ring (bicyclic) bond motifs is 2. The van der Waals surface area contributed by atoms with Crippen LogP contribution in [0.4, 0.5) is 5.69 Å². The van der Waals surface area contributed by atoms with Gasteiger partial charge in [-0.3, -0.25) is 9.48 Å². The number of methoxy groups -OCH3 is 2. The summed E-state index contributed by atoms with van der Waals surface area (Å²) < 4.78 is 29.7. The van der Waals surface area contributed by atoms with Crippen LogP contribution in [0.1, 0.15) is 28.5 Å². The van der Waals surface area contributed by atoms with Crippen LogP contribution < -0.4 is 19.1 Å². The average Bonchev–Trinajstić information content (AvgIpc) is 3.77. The third-order valence-electron chi connectivity index (χ3n) is 7.40. The zero-order valence-electron chi connectivity index (χ0n) is 25.7. The number of carbonyl (C=O) groups excluding carboxylic acids is 2. The van der Waals surface area contributed by atoms with Crippen molar-refractivity contribution in [2.45, 2.75) is 20.1 Å². The maximum Gasteiger partial charge on any atom is 0.342 e. The summed E-state index contributed by atoms with van der Waals surface area (Å²) in [6.07, 6.45) is 1.75. The zero-order chi connectivity index (χ0) is 32.2. The fourth-order valence-electron chi connectivity index (χ4n) is 5.21. The number of ether oxygens (including phenoxy) is 4. The number of rotatable bonds is 12. The van der Waals surface area contributed by atoms with Gasteiger partial charge in [0.15, 0.2) is 5.71 Å². The van der Waals surface area contributed by atoms with E-state index in [0.717, 1.165) is 0 Å². The molecule has 0 saturated carbocycles. The SMILES string of the molecule is CCOC(=O)c1c(-c2ccc(OC)cc2)oc2ccc(OCc3cn(CCN4C(=O)/C(=N/OC)c5cc(OC)ccc54)nn3)cc12. The molecule has 13 heteroatoms. The summed E-state index contributed by atoms with van der Waals surface area (Å²) in [6.45, 7) is 2.80. The second-order valence-electron chi connectivity index (χ2n) is 10.1. The van der Waals surface area contributed by atoms with Gasteiger partial charge in [0, 0.05) is 23.1 Å². The molecular weight excluding hydrogens is 594 g/mol. The highest BCUT2D eigenvalue weighted by Gasteiger charge is 2.35. The van der Waals surface area contributed by atoms with E-state index in [1.165, 1.54) is 7.11 Å². The molecule has 0 N–H and O–H groups in total. The third-order valence-corrected chi connectivity index (χ3v) is 7.40. The van der Waals surface area contributed by atoms with Crippen molar-refractivity contribution in [2.75, 3.05) is 39.4 Å². The van der Waals surface area contributed by atoms with E-state index in [2.05, 4.69) is 15.5 Å². The maximum absolute atomic E-state index is 13.1. The molecular formula is C33H31N5O8. The molecule has 0 atom stereocenters. The Morgan fingerprint density at radius 1 is 0.935 bits per heavy atom. The van der Waals surface area contributed by atoms with E-state index in [-0.39, 0.29) is 24.8 Å². The molecule has 13 nitrogen and oxygen atoms in total. The number of esters is 1. The molecule has 0 spiro atoms. The molecule has 0 bridgehead atoms. The lowest BCUT2D eigenvalue weighted by Gasteiger charge is -2.16. The van der Waals surface area contributed by atoms with Gasteiger partial charge in [0.25, 0.3) is 5.91 Å². The van der Waals surface area contributed by atoms with Gasteiger partial charge in [0.05, 0.1) is 39.3 Å². The lowest BCUT2D eigenvalue weighted by molar-refractivity contribution is -0.112. The first-order valence-corrected chi connectivity index (χ1v) is 14.4. The molecule has 0 aliphatic carbocycles. The van der Waals surface area contributed by atoms with Crippen LogP contribution in [0.2, 0.25) is 0 Å². The topological polar surface area (TPSA) is 140 Å². The molecule has 3 aromatic carbocycles. The van der Waals surface area contributed by atoms with E-state index < -0.39 is 5.97 Å². The molecule has 0 unspecified atom stereocenters. The fraction of sp³-hybridized carbons (Fsp3) is 0.242. The Hall–Kier alpha value is -5.85. The van der Waals surface area contributed by atoms with Crippen LogP contribution in [0.3, 0.4) is 0 Å². The van der Waals surface area contributed by atoms with Crippen molar-refractivity contribution in [3.63, 3.8) is 0 Å². The number of carbonyl (C=O) groups is 2. The minimum absolute atomic E-state index is 0.124. The van der Waals surface area contributed by atoms with Crippen LogP contribution in [-0.4, -0.2) is 67.1 Å². The fourth-order valence-corrected chi connectivity index (χ4v) is 5.21. The van der Waals surface area contributed by atoms with Crippen molar-refractivity contribution in [3.05, 3.63) is 83.7 Å². The van der Waals surface area contributed by atoms with Crippen LogP contribution in [0.15, 0.2) is 76.4 Å². The molecule has 1 aliphatic heterocycles. The highest BCUT2D eigenvalue weighted by atomic mass is 16.6. The van der Waals surface area contributed by atoms with Gasteiger partial charge in [-0.2, -0.15) is 0 Å². The van der Waals surface area contributed by atoms with Gasteiger partial charge in [0.1, 0.15) is 53.6 Å². The normalized spacial score (nSPS) is 13.3. The number of oxime groups is 1. The molecule has 1 amide bonds. The van der Waals surface area contributed by atoms with Gasteiger partial charge in [0.2, 0.25) is 0 Å². The van der Waals surface area contributed by atoms with E-state index in [9.17, 15) is 9.59 Å². The van der Waals surface area contributed by atoms with E-state index in [1.807, 2.05) is 18.2 Å². The highest BCUT2D eigenvalue weighted by molar-refractivity contribution is 6.54. The van der Waals surface area contributed by atoms with Gasteiger partial charge in [-0.05, 0) is 67.6 Å². The summed E-state index contributed by atoms with van der Waals surface area (Å²) in [5.74, 6) is 1.43. The Balaban J connectivity index is 1.16. The second kappa shape index (κ2) is 13.0. The molecule has 6 rings (SSSR count). The maximum atomic E-state index is 13.1. The number of benzene rings is 3. The Morgan fingerprint density at radius 3 is 2.43 bits per heavy atom. The molecule has 5 aromatic rings. The molecule has 46 heavy (non-hydrogen) atoms. The Bertz CT molecular complexity index is 1930. The lowest BCUT2D eigenvalue weighted by atomic mass is 10.1. The van der Waals surface area contributed by atoms with Crippen molar-refractivity contribution < 1.29 is 37.8 Å². The van der Waals surface area contributed by atoms with E-state index in [4.69, 9.17) is 28.2 Å². The predicted molar refractivity (Wildman–Crippen MR) is 167 cm³/mol. The van der Waals surface area contributed by atoms with E-state index in [1.54, 1.807) is 79.4 Å². The van der Waals surface area contributed by atoms with Crippen LogP contribution in [0.25, 0.3) is 22.3 Å². The summed E-state index contributed by atoms with van der Waals surface area (Å²) in [7, 11) is 4.55. The van der Waals surface area contributed by atoms with Gasteiger partial charge < -0.3 is 33.1 Å². The van der Waals surface area contributed by atoms with E-state index >= 15 is 0 Å². The number of hydrogen-bond donors (Lipinski definition) is 0. The molecule has 0 fully saturated rings. The quantitative estimate of drug-likeness (QED) is 0.139. The molecule has 0 saturated heterocycles. The summed E-state index contributed by atoms with van der Waals surface area (Å²) >= 11 is 0. The summed E-state index contributed by atoms with van der Waals surface area (Å²) in [5, 5.41) is 12.9. The van der Waals surface area contributed by atoms with Gasteiger partial charge in [-0.25, -0.2) is 4.79 Å². The third kappa shape index (κ3) is 5.82. The Morgan fingerprint density at radius 2 is 1.70 bits per heavy atom. The standard InChI is InChI=1S/C33H31N5O8/c1-5-44-33(40)29-26-17-24(11-13-28(26)46-31(29)20-6-8-22(41-2)9-7-20)45-19-21-18-37(36-34-21)14-15-38-27-12-10-23(42-3)16-25(27)30(32(38)39)35-43-4/h6-13,16-18H,5,14-15,19H2,1-4H3/b35-30+. The monoisotopic (exact) mass is 625 g/mol. The first-order valence-electron chi connectivity index (χ1n) is 14.4. The summed E-state index contributed by atoms with van der Waals surface area (Å²) in [6, 6.07) is 17.8. The Kier molecular flexibility index (Phi) is 8.55. The van der Waals surface area contributed by atoms with Crippen LogP contribution in [0.5, 0.6) is 17.2 Å². The van der Waals surface area contributed by atoms with Crippen molar-refractivity contribution in [1.29, 1.82) is 0 Å². The van der Waals surface area contributed by atoms with Gasteiger partial charge in [-0.1, -0.05) is 10.4 Å². The van der Waals surface area contributed by atoms with E-state index in [0.29, 0.717) is 75.1 Å². The molecule has 2 aromatic heterocycles. The lowest BCUT2D eigenvalue weighted by Crippen LogP contribution is -2.33. The summed E-state index contributed by atoms with van der Waals surface area (Å²) in [5.41, 5.74) is 3.67. The zero-order valence-corrected chi connectivity index (χ0v) is 25.7. The molecule has 236 valence electrons. The minimum atomic E-state index is -0.494.